The number of hydrogen-bond acceptors (Lipinski definition) is 3. The molecule has 5 nitrogen and oxygen atoms in total. The first-order valence-electron chi connectivity index (χ1n) is 7.86. The van der Waals surface area contributed by atoms with Crippen molar-refractivity contribution in [1.82, 2.24) is 10.6 Å². The smallest absolute Gasteiger partial charge is 0.363 e. The minimum Gasteiger partial charge on any atom is -0.363 e. The van der Waals surface area contributed by atoms with Crippen LogP contribution in [-0.2, 0) is 0 Å². The van der Waals surface area contributed by atoms with Crippen LogP contribution in [0.1, 0.15) is 22.0 Å². The van der Waals surface area contributed by atoms with Gasteiger partial charge in [-0.1, -0.05) is 54.1 Å². The number of carbonyl (C=O) groups is 2. The van der Waals surface area contributed by atoms with Gasteiger partial charge in [0.2, 0.25) is 5.72 Å². The van der Waals surface area contributed by atoms with Crippen molar-refractivity contribution in [3.63, 3.8) is 0 Å². The second kappa shape index (κ2) is 6.86. The van der Waals surface area contributed by atoms with Crippen LogP contribution in [0.15, 0.2) is 54.6 Å². The quantitative estimate of drug-likeness (QED) is 0.693. The van der Waals surface area contributed by atoms with Crippen LogP contribution in [0.3, 0.4) is 0 Å². The van der Waals surface area contributed by atoms with Crippen LogP contribution < -0.4 is 10.6 Å². The topological polar surface area (TPSA) is 78.4 Å². The summed E-state index contributed by atoms with van der Waals surface area (Å²) in [6.07, 6.45) is -5.29. The largest absolute Gasteiger partial charge is 0.437 e. The number of alkyl halides is 3. The Labute approximate surface area is 157 Å². The number of carbonyl (C=O) groups excluding carboxylic acids is 2. The zero-order chi connectivity index (χ0) is 19.8. The molecule has 0 radical (unpaired) electrons. The number of aliphatic hydroxyl groups is 1. The van der Waals surface area contributed by atoms with Gasteiger partial charge in [0.1, 0.15) is 5.92 Å². The summed E-state index contributed by atoms with van der Waals surface area (Å²) in [6.45, 7) is 0. The zero-order valence-corrected chi connectivity index (χ0v) is 14.4. The third-order valence-corrected chi connectivity index (χ3v) is 4.63. The number of hydrogen-bond donors (Lipinski definition) is 3. The Balaban J connectivity index is 2.15. The molecule has 0 bridgehead atoms. The normalized spacial score (nSPS) is 25.4. The first-order valence-corrected chi connectivity index (χ1v) is 8.24. The summed E-state index contributed by atoms with van der Waals surface area (Å²) in [5.74, 6) is -3.03. The second-order valence-corrected chi connectivity index (χ2v) is 6.54. The van der Waals surface area contributed by atoms with E-state index < -0.39 is 35.7 Å². The molecule has 1 saturated heterocycles. The van der Waals surface area contributed by atoms with E-state index in [0.29, 0.717) is 5.02 Å². The van der Waals surface area contributed by atoms with Crippen molar-refractivity contribution in [3.05, 3.63) is 70.7 Å². The van der Waals surface area contributed by atoms with Crippen LogP contribution >= 0.6 is 11.6 Å². The predicted octanol–water partition coefficient (Wildman–Crippen LogP) is 3.44. The molecule has 1 aliphatic rings. The molecule has 142 valence electrons. The molecule has 3 atom stereocenters. The van der Waals surface area contributed by atoms with E-state index in [9.17, 15) is 27.9 Å². The van der Waals surface area contributed by atoms with E-state index in [1.807, 2.05) is 0 Å². The second-order valence-electron chi connectivity index (χ2n) is 6.10. The van der Waals surface area contributed by atoms with Gasteiger partial charge in [-0.3, -0.25) is 4.79 Å². The minimum absolute atomic E-state index is 0.0258. The number of urea groups is 1. The van der Waals surface area contributed by atoms with Gasteiger partial charge in [-0.25, -0.2) is 4.79 Å². The minimum atomic E-state index is -5.29. The average Bonchev–Trinajstić information content (AvgIpc) is 2.61. The lowest BCUT2D eigenvalue weighted by Crippen LogP contribution is -2.72. The van der Waals surface area contributed by atoms with Crippen molar-refractivity contribution in [2.24, 2.45) is 5.92 Å². The highest BCUT2D eigenvalue weighted by Gasteiger charge is 2.66. The predicted molar refractivity (Wildman–Crippen MR) is 91.1 cm³/mol. The summed E-state index contributed by atoms with van der Waals surface area (Å²) in [7, 11) is 0. The highest BCUT2D eigenvalue weighted by Crippen LogP contribution is 2.44. The highest BCUT2D eigenvalue weighted by molar-refractivity contribution is 6.30. The lowest BCUT2D eigenvalue weighted by molar-refractivity contribution is -0.287. The summed E-state index contributed by atoms with van der Waals surface area (Å²) in [4.78, 5) is 24.8. The number of Topliss-reactive ketones (excluding diaryl/α,β-unsaturated/α-hetero) is 1. The molecule has 9 heteroatoms. The van der Waals surface area contributed by atoms with E-state index in [0.717, 1.165) is 0 Å². The van der Waals surface area contributed by atoms with E-state index in [2.05, 4.69) is 5.32 Å². The third-order valence-electron chi connectivity index (χ3n) is 4.38. The molecular weight excluding hydrogens is 385 g/mol. The van der Waals surface area contributed by atoms with Gasteiger partial charge in [-0.05, 0) is 17.7 Å². The van der Waals surface area contributed by atoms with Gasteiger partial charge in [-0.2, -0.15) is 13.2 Å². The van der Waals surface area contributed by atoms with E-state index >= 15 is 0 Å². The van der Waals surface area contributed by atoms with Crippen molar-refractivity contribution in [2.45, 2.75) is 17.9 Å². The van der Waals surface area contributed by atoms with Crippen LogP contribution in [-0.4, -0.2) is 28.8 Å². The molecule has 2 aromatic carbocycles. The van der Waals surface area contributed by atoms with Crippen molar-refractivity contribution in [2.75, 3.05) is 0 Å². The van der Waals surface area contributed by atoms with Crippen molar-refractivity contribution in [3.8, 4) is 0 Å². The van der Waals surface area contributed by atoms with Crippen LogP contribution in [0.25, 0.3) is 0 Å². The molecule has 2 amide bonds. The van der Waals surface area contributed by atoms with Crippen LogP contribution in [0, 0.1) is 5.92 Å². The van der Waals surface area contributed by atoms with E-state index in [-0.39, 0.29) is 11.1 Å². The summed E-state index contributed by atoms with van der Waals surface area (Å²) in [5, 5.41) is 14.5. The van der Waals surface area contributed by atoms with Gasteiger partial charge >= 0.3 is 12.2 Å². The molecule has 0 aliphatic carbocycles. The van der Waals surface area contributed by atoms with Gasteiger partial charge < -0.3 is 15.7 Å². The Morgan fingerprint density at radius 2 is 1.67 bits per heavy atom. The lowest BCUT2D eigenvalue weighted by atomic mass is 9.77. The molecular formula is C18H14ClF3N2O3. The van der Waals surface area contributed by atoms with Gasteiger partial charge in [0, 0.05) is 10.6 Å². The van der Waals surface area contributed by atoms with Crippen LogP contribution in [0.4, 0.5) is 18.0 Å². The van der Waals surface area contributed by atoms with E-state index in [1.165, 1.54) is 53.8 Å². The summed E-state index contributed by atoms with van der Waals surface area (Å²) in [6, 6.07) is 10.2. The molecule has 1 aliphatic heterocycles. The average molecular weight is 399 g/mol. The SMILES string of the molecule is O=C1N[C@@H](c2ccc(Cl)cc2)[C@@H](C(=O)c2ccccc2)[C@](O)(C(F)(F)F)N1. The van der Waals surface area contributed by atoms with Gasteiger partial charge in [0.15, 0.2) is 5.78 Å². The Morgan fingerprint density at radius 3 is 2.22 bits per heavy atom. The monoisotopic (exact) mass is 398 g/mol. The standard InChI is InChI=1S/C18H14ClF3N2O3/c19-12-8-6-10(7-9-12)14-13(15(25)11-4-2-1-3-5-11)17(27,18(20,21)22)24-16(26)23-14/h1-9,13-14,27H,(H2,23,24,26)/t13-,14-,17-/m0/s1. The number of nitrogens with one attached hydrogen (secondary N) is 2. The summed E-state index contributed by atoms with van der Waals surface area (Å²) in [5.41, 5.74) is -3.57. The van der Waals surface area contributed by atoms with Crippen molar-refractivity contribution < 1.29 is 27.9 Å². The van der Waals surface area contributed by atoms with E-state index in [1.54, 1.807) is 6.07 Å². The molecule has 1 heterocycles. The summed E-state index contributed by atoms with van der Waals surface area (Å²) >= 11 is 5.81. The molecule has 3 N–H and O–H groups in total. The third kappa shape index (κ3) is 3.50. The molecule has 0 spiro atoms. The maximum absolute atomic E-state index is 13.7. The Hall–Kier alpha value is -2.58. The Bertz CT molecular complexity index is 858. The van der Waals surface area contributed by atoms with Gasteiger partial charge in [-0.15, -0.1) is 0 Å². The van der Waals surface area contributed by atoms with E-state index in [4.69, 9.17) is 11.6 Å². The molecule has 0 aromatic heterocycles. The number of amides is 2. The van der Waals surface area contributed by atoms with Gasteiger partial charge in [0.25, 0.3) is 0 Å². The highest BCUT2D eigenvalue weighted by atomic mass is 35.5. The molecule has 0 saturated carbocycles. The first kappa shape index (κ1) is 19.2. The first-order chi connectivity index (χ1) is 12.6. The number of benzene rings is 2. The lowest BCUT2D eigenvalue weighted by Gasteiger charge is -2.45. The number of ketones is 1. The fourth-order valence-corrected chi connectivity index (χ4v) is 3.19. The fraction of sp³-hybridized carbons (Fsp3) is 0.222. The molecule has 0 unspecified atom stereocenters. The van der Waals surface area contributed by atoms with Gasteiger partial charge in [0.05, 0.1) is 6.04 Å². The number of rotatable bonds is 3. The zero-order valence-electron chi connectivity index (χ0n) is 13.6. The van der Waals surface area contributed by atoms with Crippen molar-refractivity contribution in [1.29, 1.82) is 0 Å². The van der Waals surface area contributed by atoms with Crippen molar-refractivity contribution >= 4 is 23.4 Å². The Kier molecular flexibility index (Phi) is 4.88. The molecule has 1 fully saturated rings. The number of halogens is 4. The van der Waals surface area contributed by atoms with Crippen LogP contribution in [0.5, 0.6) is 0 Å². The summed E-state index contributed by atoms with van der Waals surface area (Å²) < 4.78 is 41.1. The maximum Gasteiger partial charge on any atom is 0.437 e. The molecule has 3 rings (SSSR count). The Morgan fingerprint density at radius 1 is 1.07 bits per heavy atom. The maximum atomic E-state index is 13.7. The molecule has 2 aromatic rings. The fourth-order valence-electron chi connectivity index (χ4n) is 3.07. The molecule has 27 heavy (non-hydrogen) atoms. The van der Waals surface area contributed by atoms with Crippen LogP contribution in [0.2, 0.25) is 5.02 Å².